The summed E-state index contributed by atoms with van der Waals surface area (Å²) in [5.41, 5.74) is 3.90. The zero-order valence-corrected chi connectivity index (χ0v) is 15.0. The molecule has 25 heavy (non-hydrogen) atoms. The number of amides is 2. The fraction of sp³-hybridized carbons (Fsp3) is 0.200. The number of hydrogen-bond donors (Lipinski definition) is 1. The van der Waals surface area contributed by atoms with Crippen LogP contribution in [-0.2, 0) is 9.59 Å². The number of aryl methyl sites for hydroxylation is 2. The predicted octanol–water partition coefficient (Wildman–Crippen LogP) is 3.31. The molecule has 2 aromatic carbocycles. The Labute approximate surface area is 151 Å². The molecule has 4 nitrogen and oxygen atoms in total. The van der Waals surface area contributed by atoms with E-state index in [1.54, 1.807) is 24.3 Å². The number of anilines is 1. The lowest BCUT2D eigenvalue weighted by molar-refractivity contribution is -0.119. The molecule has 0 bridgehead atoms. The number of nitrogens with zero attached hydrogens (tertiary/aromatic N) is 1. The van der Waals surface area contributed by atoms with Crippen molar-refractivity contribution in [3.63, 3.8) is 0 Å². The number of benzene rings is 2. The van der Waals surface area contributed by atoms with Crippen LogP contribution >= 0.6 is 11.8 Å². The second kappa shape index (κ2) is 7.25. The van der Waals surface area contributed by atoms with Gasteiger partial charge in [0.1, 0.15) is 0 Å². The molecule has 0 spiro atoms. The number of para-hydroxylation sites is 1. The first-order chi connectivity index (χ1) is 12.0. The van der Waals surface area contributed by atoms with Crippen LogP contribution in [0.25, 0.3) is 5.57 Å². The van der Waals surface area contributed by atoms with Gasteiger partial charge < -0.3 is 5.11 Å². The van der Waals surface area contributed by atoms with Crippen LogP contribution in [0.1, 0.15) is 16.7 Å². The number of thioether (sulfide) groups is 1. The maximum atomic E-state index is 13.1. The Morgan fingerprint density at radius 1 is 0.960 bits per heavy atom. The molecule has 0 saturated carbocycles. The second-order valence-corrected chi connectivity index (χ2v) is 6.96. The predicted molar refractivity (Wildman–Crippen MR) is 101 cm³/mol. The minimum atomic E-state index is -0.331. The summed E-state index contributed by atoms with van der Waals surface area (Å²) in [6.07, 6.45) is 0. The second-order valence-electron chi connectivity index (χ2n) is 5.86. The van der Waals surface area contributed by atoms with E-state index in [1.165, 1.54) is 16.7 Å². The van der Waals surface area contributed by atoms with Crippen molar-refractivity contribution in [2.75, 3.05) is 17.3 Å². The van der Waals surface area contributed by atoms with E-state index in [0.29, 0.717) is 21.9 Å². The summed E-state index contributed by atoms with van der Waals surface area (Å²) in [6.45, 7) is 3.93. The van der Waals surface area contributed by atoms with Crippen molar-refractivity contribution in [2.24, 2.45) is 0 Å². The summed E-state index contributed by atoms with van der Waals surface area (Å²) in [5.74, 6) is -0.284. The Hall–Kier alpha value is -2.37. The first-order valence-corrected chi connectivity index (χ1v) is 9.02. The van der Waals surface area contributed by atoms with Crippen molar-refractivity contribution in [3.8, 4) is 0 Å². The van der Waals surface area contributed by atoms with Gasteiger partial charge in [-0.15, -0.1) is 11.8 Å². The molecule has 128 valence electrons. The summed E-state index contributed by atoms with van der Waals surface area (Å²) in [7, 11) is 0. The van der Waals surface area contributed by atoms with Crippen molar-refractivity contribution in [1.82, 2.24) is 0 Å². The molecule has 0 aliphatic carbocycles. The molecular formula is C20H19NO3S. The minimum Gasteiger partial charge on any atom is -0.396 e. The van der Waals surface area contributed by atoms with Gasteiger partial charge in [-0.2, -0.15) is 0 Å². The maximum absolute atomic E-state index is 13.1. The highest BCUT2D eigenvalue weighted by Crippen LogP contribution is 2.38. The first-order valence-electron chi connectivity index (χ1n) is 8.04. The third kappa shape index (κ3) is 3.25. The number of aliphatic hydroxyl groups is 1. The Balaban J connectivity index is 2.10. The largest absolute Gasteiger partial charge is 0.396 e. The standard InChI is InChI=1S/C20H19NO3S/c1-13-8-9-15(12-14(13)2)17-18(25-11-10-22)20(24)21(19(17)23)16-6-4-3-5-7-16/h3-9,12,22H,10-11H2,1-2H3. The Morgan fingerprint density at radius 2 is 1.68 bits per heavy atom. The van der Waals surface area contributed by atoms with E-state index in [-0.39, 0.29) is 18.4 Å². The number of carbonyl (C=O) groups excluding carboxylic acids is 2. The normalized spacial score (nSPS) is 14.6. The Bertz CT molecular complexity index is 858. The van der Waals surface area contributed by atoms with Gasteiger partial charge in [-0.25, -0.2) is 4.90 Å². The van der Waals surface area contributed by atoms with Crippen LogP contribution in [0.5, 0.6) is 0 Å². The molecule has 1 aliphatic rings. The van der Waals surface area contributed by atoms with Crippen molar-refractivity contribution >= 4 is 34.8 Å². The third-order valence-corrected chi connectivity index (χ3v) is 5.24. The zero-order chi connectivity index (χ0) is 18.0. The number of carbonyl (C=O) groups is 2. The number of rotatable bonds is 5. The van der Waals surface area contributed by atoms with E-state index >= 15 is 0 Å². The molecule has 3 rings (SSSR count). The fourth-order valence-electron chi connectivity index (χ4n) is 2.75. The molecular weight excluding hydrogens is 334 g/mol. The fourth-order valence-corrected chi connectivity index (χ4v) is 3.61. The SMILES string of the molecule is Cc1ccc(C2=C(SCCO)C(=O)N(c3ccccc3)C2=O)cc1C. The summed E-state index contributed by atoms with van der Waals surface area (Å²) in [6, 6.07) is 14.7. The summed E-state index contributed by atoms with van der Waals surface area (Å²) in [4.78, 5) is 27.6. The molecule has 0 atom stereocenters. The average molecular weight is 353 g/mol. The molecule has 0 radical (unpaired) electrons. The zero-order valence-electron chi connectivity index (χ0n) is 14.2. The molecule has 0 aromatic heterocycles. The quantitative estimate of drug-likeness (QED) is 0.838. The van der Waals surface area contributed by atoms with Crippen LogP contribution < -0.4 is 4.90 Å². The van der Waals surface area contributed by atoms with Crippen LogP contribution in [-0.4, -0.2) is 29.3 Å². The van der Waals surface area contributed by atoms with Gasteiger partial charge in [0.25, 0.3) is 11.8 Å². The molecule has 0 unspecified atom stereocenters. The molecule has 1 N–H and O–H groups in total. The first kappa shape index (κ1) is 17.5. The summed E-state index contributed by atoms with van der Waals surface area (Å²) < 4.78 is 0. The van der Waals surface area contributed by atoms with Crippen LogP contribution in [0, 0.1) is 13.8 Å². The molecule has 0 saturated heterocycles. The van der Waals surface area contributed by atoms with Gasteiger partial charge in [-0.3, -0.25) is 9.59 Å². The van der Waals surface area contributed by atoms with Crippen LogP contribution in [0.3, 0.4) is 0 Å². The number of hydrogen-bond acceptors (Lipinski definition) is 4. The highest BCUT2D eigenvalue weighted by molar-refractivity contribution is 8.04. The minimum absolute atomic E-state index is 0.0544. The van der Waals surface area contributed by atoms with E-state index in [1.807, 2.05) is 38.1 Å². The number of aliphatic hydroxyl groups excluding tert-OH is 1. The summed E-state index contributed by atoms with van der Waals surface area (Å²) in [5, 5.41) is 9.15. The van der Waals surface area contributed by atoms with Crippen LogP contribution in [0.4, 0.5) is 5.69 Å². The van der Waals surface area contributed by atoms with E-state index in [2.05, 4.69) is 0 Å². The van der Waals surface area contributed by atoms with Gasteiger partial charge in [-0.05, 0) is 42.7 Å². The number of imide groups is 1. The van der Waals surface area contributed by atoms with Crippen LogP contribution in [0.15, 0.2) is 53.4 Å². The van der Waals surface area contributed by atoms with Gasteiger partial charge in [-0.1, -0.05) is 36.4 Å². The molecule has 2 aromatic rings. The molecule has 1 aliphatic heterocycles. The Kier molecular flexibility index (Phi) is 5.06. The maximum Gasteiger partial charge on any atom is 0.272 e. The van der Waals surface area contributed by atoms with E-state index in [0.717, 1.165) is 16.7 Å². The van der Waals surface area contributed by atoms with E-state index in [4.69, 9.17) is 5.11 Å². The smallest absolute Gasteiger partial charge is 0.272 e. The van der Waals surface area contributed by atoms with Gasteiger partial charge >= 0.3 is 0 Å². The lowest BCUT2D eigenvalue weighted by Crippen LogP contribution is -2.31. The topological polar surface area (TPSA) is 57.6 Å². The third-order valence-electron chi connectivity index (χ3n) is 4.19. The average Bonchev–Trinajstić information content (AvgIpc) is 2.86. The molecule has 1 heterocycles. The van der Waals surface area contributed by atoms with Gasteiger partial charge in [0.15, 0.2) is 0 Å². The van der Waals surface area contributed by atoms with Crippen molar-refractivity contribution < 1.29 is 14.7 Å². The van der Waals surface area contributed by atoms with Crippen molar-refractivity contribution in [3.05, 3.63) is 70.1 Å². The molecule has 0 fully saturated rings. The Morgan fingerprint density at radius 3 is 2.32 bits per heavy atom. The molecule has 2 amide bonds. The van der Waals surface area contributed by atoms with E-state index in [9.17, 15) is 9.59 Å². The van der Waals surface area contributed by atoms with Gasteiger partial charge in [0, 0.05) is 5.75 Å². The van der Waals surface area contributed by atoms with Crippen molar-refractivity contribution in [2.45, 2.75) is 13.8 Å². The highest BCUT2D eigenvalue weighted by atomic mass is 32.2. The monoisotopic (exact) mass is 353 g/mol. The molecule has 5 heteroatoms. The van der Waals surface area contributed by atoms with Gasteiger partial charge in [0.05, 0.1) is 22.8 Å². The van der Waals surface area contributed by atoms with Crippen molar-refractivity contribution in [1.29, 1.82) is 0 Å². The van der Waals surface area contributed by atoms with Crippen LogP contribution in [0.2, 0.25) is 0 Å². The lowest BCUT2D eigenvalue weighted by Gasteiger charge is -2.15. The van der Waals surface area contributed by atoms with Gasteiger partial charge in [0.2, 0.25) is 0 Å². The van der Waals surface area contributed by atoms with E-state index < -0.39 is 0 Å². The lowest BCUT2D eigenvalue weighted by atomic mass is 10.0. The highest BCUT2D eigenvalue weighted by Gasteiger charge is 2.40. The summed E-state index contributed by atoms with van der Waals surface area (Å²) >= 11 is 1.22.